The molecule has 0 saturated carbocycles. The van der Waals surface area contributed by atoms with Crippen LogP contribution in [0.1, 0.15) is 23.0 Å². The van der Waals surface area contributed by atoms with Crippen molar-refractivity contribution in [3.8, 4) is 11.3 Å². The summed E-state index contributed by atoms with van der Waals surface area (Å²) >= 11 is 2.75. The molecule has 1 atom stereocenters. The summed E-state index contributed by atoms with van der Waals surface area (Å²) in [5.41, 5.74) is 1.84. The van der Waals surface area contributed by atoms with Crippen molar-refractivity contribution in [3.05, 3.63) is 126 Å². The van der Waals surface area contributed by atoms with Gasteiger partial charge < -0.3 is 20.4 Å². The first-order valence-corrected chi connectivity index (χ1v) is 14.7. The van der Waals surface area contributed by atoms with Crippen LogP contribution in [-0.4, -0.2) is 28.0 Å². The molecule has 0 fully saturated rings. The zero-order valence-corrected chi connectivity index (χ0v) is 24.1. The van der Waals surface area contributed by atoms with Crippen LogP contribution in [-0.2, 0) is 9.59 Å². The van der Waals surface area contributed by atoms with Crippen LogP contribution < -0.4 is 16.0 Å². The van der Waals surface area contributed by atoms with E-state index in [9.17, 15) is 14.4 Å². The third-order valence-electron chi connectivity index (χ3n) is 5.96. The highest BCUT2D eigenvalue weighted by molar-refractivity contribution is 8.00. The Morgan fingerprint density at radius 3 is 2.29 bits per heavy atom. The highest BCUT2D eigenvalue weighted by atomic mass is 32.2. The monoisotopic (exact) mass is 594 g/mol. The molecular weight excluding hydrogens is 569 g/mol. The second-order valence-electron chi connectivity index (χ2n) is 9.01. The first kappa shape index (κ1) is 28.6. The van der Waals surface area contributed by atoms with Crippen LogP contribution in [0.25, 0.3) is 17.4 Å². The van der Waals surface area contributed by atoms with E-state index in [0.29, 0.717) is 27.9 Å². The van der Waals surface area contributed by atoms with Crippen molar-refractivity contribution in [2.75, 3.05) is 10.6 Å². The van der Waals surface area contributed by atoms with E-state index in [2.05, 4.69) is 20.9 Å². The first-order valence-electron chi connectivity index (χ1n) is 13.0. The highest BCUT2D eigenvalue weighted by Crippen LogP contribution is 2.27. The summed E-state index contributed by atoms with van der Waals surface area (Å²) in [4.78, 5) is 43.7. The lowest BCUT2D eigenvalue weighted by Gasteiger charge is -2.13. The molecule has 0 saturated heterocycles. The number of thiazole rings is 1. The molecule has 0 aliphatic carbocycles. The van der Waals surface area contributed by atoms with Crippen LogP contribution in [0.3, 0.4) is 0 Å². The lowest BCUT2D eigenvalue weighted by molar-refractivity contribution is -0.115. The number of aromatic nitrogens is 1. The molecule has 5 rings (SSSR count). The van der Waals surface area contributed by atoms with Gasteiger partial charge in [0.25, 0.3) is 11.8 Å². The maximum absolute atomic E-state index is 13.4. The minimum Gasteiger partial charge on any atom is -0.457 e. The van der Waals surface area contributed by atoms with Crippen molar-refractivity contribution in [1.29, 1.82) is 0 Å². The number of nitrogens with one attached hydrogen (secondary N) is 3. The number of hydrogen-bond acceptors (Lipinski definition) is 7. The van der Waals surface area contributed by atoms with E-state index in [1.165, 1.54) is 29.2 Å². The number of furan rings is 1. The summed E-state index contributed by atoms with van der Waals surface area (Å²) in [6.45, 7) is 1.81. The topological polar surface area (TPSA) is 113 Å². The Hall–Kier alpha value is -4.93. The number of anilines is 2. The number of carbonyl (C=O) groups excluding carboxylic acids is 3. The lowest BCUT2D eigenvalue weighted by Crippen LogP contribution is -2.30. The zero-order valence-electron chi connectivity index (χ0n) is 22.4. The lowest BCUT2D eigenvalue weighted by atomic mass is 10.2. The van der Waals surface area contributed by atoms with E-state index < -0.39 is 11.8 Å². The molecule has 10 heteroatoms. The van der Waals surface area contributed by atoms with Gasteiger partial charge in [0.05, 0.1) is 5.25 Å². The van der Waals surface area contributed by atoms with E-state index in [0.717, 1.165) is 10.5 Å². The number of hydrogen-bond donors (Lipinski definition) is 3. The molecule has 5 aromatic rings. The Morgan fingerprint density at radius 2 is 1.60 bits per heavy atom. The number of carbonyl (C=O) groups is 3. The van der Waals surface area contributed by atoms with Gasteiger partial charge in [-0.15, -0.1) is 23.1 Å². The zero-order chi connectivity index (χ0) is 29.3. The fourth-order valence-electron chi connectivity index (χ4n) is 3.84. The SMILES string of the molecule is CC(Sc1ccc(NC(=O)C(=Cc2ccc(-c3ccccc3)o2)NC(=O)c2ccccc2)cc1)C(=O)Nc1nccs1. The summed E-state index contributed by atoms with van der Waals surface area (Å²) < 4.78 is 5.95. The van der Waals surface area contributed by atoms with Crippen LogP contribution >= 0.6 is 23.1 Å². The molecule has 2 heterocycles. The van der Waals surface area contributed by atoms with E-state index in [-0.39, 0.29) is 16.9 Å². The summed E-state index contributed by atoms with van der Waals surface area (Å²) in [5.74, 6) is -0.0514. The predicted molar refractivity (Wildman–Crippen MR) is 167 cm³/mol. The van der Waals surface area contributed by atoms with Crippen molar-refractivity contribution < 1.29 is 18.8 Å². The molecule has 0 aliphatic heterocycles. The molecule has 42 heavy (non-hydrogen) atoms. The Kier molecular flexibility index (Phi) is 9.27. The minimum absolute atomic E-state index is 0.0174. The molecule has 8 nitrogen and oxygen atoms in total. The van der Waals surface area contributed by atoms with Crippen LogP contribution in [0.5, 0.6) is 0 Å². The van der Waals surface area contributed by atoms with Gasteiger partial charge in [-0.05, 0) is 55.5 Å². The van der Waals surface area contributed by atoms with Gasteiger partial charge in [0, 0.05) is 39.4 Å². The van der Waals surface area contributed by atoms with E-state index in [1.54, 1.807) is 54.0 Å². The largest absolute Gasteiger partial charge is 0.457 e. The van der Waals surface area contributed by atoms with Crippen molar-refractivity contribution >= 4 is 57.7 Å². The standard InChI is InChI=1S/C32H26N4O4S2/c1-21(29(37)36-32-33-18-19-41-32)42-26-15-12-24(13-16-26)34-31(39)27(35-30(38)23-10-6-3-7-11-23)20-25-14-17-28(40-25)22-8-4-2-5-9-22/h2-21H,1H3,(H,34,39)(H,35,38)(H,33,36,37). The van der Waals surface area contributed by atoms with Crippen molar-refractivity contribution in [3.63, 3.8) is 0 Å². The summed E-state index contributed by atoms with van der Waals surface area (Å²) in [7, 11) is 0. The quantitative estimate of drug-likeness (QED) is 0.119. The second kappa shape index (κ2) is 13.6. The predicted octanol–water partition coefficient (Wildman–Crippen LogP) is 6.93. The number of rotatable bonds is 10. The molecule has 0 bridgehead atoms. The van der Waals surface area contributed by atoms with Gasteiger partial charge in [-0.25, -0.2) is 4.98 Å². The van der Waals surface area contributed by atoms with Crippen LogP contribution in [0, 0.1) is 0 Å². The van der Waals surface area contributed by atoms with Crippen molar-refractivity contribution in [2.24, 2.45) is 0 Å². The molecule has 3 amide bonds. The Labute approximate surface area is 250 Å². The third kappa shape index (κ3) is 7.62. The van der Waals surface area contributed by atoms with Crippen molar-refractivity contribution in [1.82, 2.24) is 10.3 Å². The fraction of sp³-hybridized carbons (Fsp3) is 0.0625. The molecule has 0 radical (unpaired) electrons. The van der Waals surface area contributed by atoms with E-state index in [4.69, 9.17) is 4.42 Å². The van der Waals surface area contributed by atoms with E-state index in [1.807, 2.05) is 61.5 Å². The fourth-order valence-corrected chi connectivity index (χ4v) is 5.24. The minimum atomic E-state index is -0.520. The number of benzene rings is 3. The smallest absolute Gasteiger partial charge is 0.272 e. The number of thioether (sulfide) groups is 1. The maximum Gasteiger partial charge on any atom is 0.272 e. The molecule has 3 N–H and O–H groups in total. The molecular formula is C32H26N4O4S2. The van der Waals surface area contributed by atoms with Gasteiger partial charge in [-0.3, -0.25) is 14.4 Å². The summed E-state index contributed by atoms with van der Waals surface area (Å²) in [6.07, 6.45) is 3.13. The van der Waals surface area contributed by atoms with E-state index >= 15 is 0 Å². The molecule has 3 aromatic carbocycles. The maximum atomic E-state index is 13.4. The molecule has 2 aromatic heterocycles. The van der Waals surface area contributed by atoms with Crippen LogP contribution in [0.2, 0.25) is 0 Å². The van der Waals surface area contributed by atoms with Gasteiger partial charge in [-0.1, -0.05) is 48.5 Å². The van der Waals surface area contributed by atoms with Gasteiger partial charge in [0.1, 0.15) is 17.2 Å². The third-order valence-corrected chi connectivity index (χ3v) is 7.76. The molecule has 0 spiro atoms. The molecule has 1 unspecified atom stereocenters. The highest BCUT2D eigenvalue weighted by Gasteiger charge is 2.18. The Morgan fingerprint density at radius 1 is 0.881 bits per heavy atom. The van der Waals surface area contributed by atoms with Gasteiger partial charge in [0.2, 0.25) is 5.91 Å². The van der Waals surface area contributed by atoms with Crippen LogP contribution in [0.4, 0.5) is 10.8 Å². The Balaban J connectivity index is 1.29. The number of amides is 3. The average molecular weight is 595 g/mol. The Bertz CT molecular complexity index is 1680. The number of nitrogens with zero attached hydrogens (tertiary/aromatic N) is 1. The van der Waals surface area contributed by atoms with Crippen molar-refractivity contribution in [2.45, 2.75) is 17.1 Å². The molecule has 0 aliphatic rings. The summed E-state index contributed by atoms with van der Waals surface area (Å²) in [5, 5.41) is 10.3. The average Bonchev–Trinajstić information content (AvgIpc) is 3.71. The second-order valence-corrected chi connectivity index (χ2v) is 11.3. The first-order chi connectivity index (χ1) is 20.4. The van der Waals surface area contributed by atoms with Gasteiger partial charge >= 0.3 is 0 Å². The summed E-state index contributed by atoms with van der Waals surface area (Å²) in [6, 6.07) is 28.9. The van der Waals surface area contributed by atoms with Crippen LogP contribution in [0.15, 0.2) is 124 Å². The van der Waals surface area contributed by atoms with Gasteiger partial charge in [-0.2, -0.15) is 0 Å². The molecule has 210 valence electrons. The van der Waals surface area contributed by atoms with Gasteiger partial charge in [0.15, 0.2) is 5.13 Å². The normalized spacial score (nSPS) is 11.9.